The molecule has 0 aliphatic carbocycles. The van der Waals surface area contributed by atoms with E-state index in [1.165, 1.54) is 12.1 Å². The van der Waals surface area contributed by atoms with Crippen molar-refractivity contribution in [1.82, 2.24) is 4.98 Å². The summed E-state index contributed by atoms with van der Waals surface area (Å²) in [4.78, 5) is 29.4. The van der Waals surface area contributed by atoms with Gasteiger partial charge in [0.15, 0.2) is 11.6 Å². The van der Waals surface area contributed by atoms with Crippen molar-refractivity contribution in [3.63, 3.8) is 0 Å². The Kier molecular flexibility index (Phi) is 5.77. The lowest BCUT2D eigenvalue weighted by atomic mass is 9.93. The molecule has 1 N–H and O–H groups in total. The number of anilines is 1. The summed E-state index contributed by atoms with van der Waals surface area (Å²) in [5, 5.41) is 2.64. The number of benzene rings is 2. The number of hydrogen-bond acceptors (Lipinski definition) is 4. The van der Waals surface area contributed by atoms with Gasteiger partial charge in [0.1, 0.15) is 0 Å². The second kappa shape index (κ2) is 8.82. The molecule has 158 valence electrons. The number of carbonyl (C=O) groups is 2. The van der Waals surface area contributed by atoms with Gasteiger partial charge >= 0.3 is 0 Å². The molecule has 0 fully saturated rings. The van der Waals surface area contributed by atoms with E-state index in [0.717, 1.165) is 17.7 Å². The molecule has 5 nitrogen and oxygen atoms in total. The lowest BCUT2D eigenvalue weighted by Gasteiger charge is -2.18. The summed E-state index contributed by atoms with van der Waals surface area (Å²) in [6.07, 6.45) is 3.37. The van der Waals surface area contributed by atoms with Gasteiger partial charge < -0.3 is 10.1 Å². The average Bonchev–Trinajstić information content (AvgIpc) is 2.80. The fraction of sp³-hybridized carbons (Fsp3) is 0.0800. The number of methoxy groups -OCH3 is 1. The minimum Gasteiger partial charge on any atom is -0.481 e. The Labute approximate surface area is 182 Å². The largest absolute Gasteiger partial charge is 0.481 e. The van der Waals surface area contributed by atoms with Crippen LogP contribution in [0.4, 0.5) is 14.5 Å². The Morgan fingerprint density at radius 2 is 1.91 bits per heavy atom. The summed E-state index contributed by atoms with van der Waals surface area (Å²) in [6.45, 7) is 0. The van der Waals surface area contributed by atoms with Crippen LogP contribution in [0.5, 0.6) is 5.88 Å². The van der Waals surface area contributed by atoms with Crippen molar-refractivity contribution in [3.05, 3.63) is 94.2 Å². The van der Waals surface area contributed by atoms with Crippen molar-refractivity contribution >= 4 is 23.5 Å². The minimum absolute atomic E-state index is 0.169. The third-order valence-electron chi connectivity index (χ3n) is 4.79. The lowest BCUT2D eigenvalue weighted by Crippen LogP contribution is -2.27. The Morgan fingerprint density at radius 1 is 1.06 bits per heavy atom. The number of pyridine rings is 1. The fourth-order valence-electron chi connectivity index (χ4n) is 3.14. The highest BCUT2D eigenvalue weighted by atomic mass is 19.2. The summed E-state index contributed by atoms with van der Waals surface area (Å²) < 4.78 is 31.7. The molecule has 2 heterocycles. The molecule has 32 heavy (non-hydrogen) atoms. The average molecular weight is 430 g/mol. The van der Waals surface area contributed by atoms with Gasteiger partial charge in [0.05, 0.1) is 18.4 Å². The second-order valence-electron chi connectivity index (χ2n) is 6.96. The summed E-state index contributed by atoms with van der Waals surface area (Å²) >= 11 is 0. The SMILES string of the molecule is COc1ccc(CC#Cc2ccc3c(c2)C(=O)C(=Cc2ccc(F)c(F)c2)C(=O)N3)cn1. The highest BCUT2D eigenvalue weighted by molar-refractivity contribution is 6.36. The molecule has 1 amide bonds. The zero-order valence-corrected chi connectivity index (χ0v) is 16.9. The molecular weight excluding hydrogens is 414 g/mol. The zero-order valence-electron chi connectivity index (χ0n) is 16.9. The third-order valence-corrected chi connectivity index (χ3v) is 4.79. The van der Waals surface area contributed by atoms with Crippen molar-refractivity contribution in [3.8, 4) is 17.7 Å². The van der Waals surface area contributed by atoms with Gasteiger partial charge in [-0.2, -0.15) is 0 Å². The van der Waals surface area contributed by atoms with E-state index in [1.807, 2.05) is 6.07 Å². The van der Waals surface area contributed by atoms with E-state index >= 15 is 0 Å². The number of rotatable bonds is 3. The number of halogens is 2. The first-order valence-corrected chi connectivity index (χ1v) is 9.59. The number of nitrogens with one attached hydrogen (secondary N) is 1. The van der Waals surface area contributed by atoms with Crippen molar-refractivity contribution in [2.45, 2.75) is 6.42 Å². The molecule has 1 aliphatic heterocycles. The Bertz CT molecular complexity index is 1320. The van der Waals surface area contributed by atoms with Gasteiger partial charge in [0, 0.05) is 29.8 Å². The van der Waals surface area contributed by atoms with E-state index in [1.54, 1.807) is 37.6 Å². The first kappa shape index (κ1) is 20.9. The van der Waals surface area contributed by atoms with E-state index in [2.05, 4.69) is 22.1 Å². The summed E-state index contributed by atoms with van der Waals surface area (Å²) in [5.74, 6) is 3.34. The van der Waals surface area contributed by atoms with Crippen LogP contribution in [-0.4, -0.2) is 23.8 Å². The highest BCUT2D eigenvalue weighted by Crippen LogP contribution is 2.27. The van der Waals surface area contributed by atoms with Crippen LogP contribution in [0, 0.1) is 23.5 Å². The monoisotopic (exact) mass is 430 g/mol. The predicted molar refractivity (Wildman–Crippen MR) is 115 cm³/mol. The van der Waals surface area contributed by atoms with Gasteiger partial charge in [-0.15, -0.1) is 0 Å². The van der Waals surface area contributed by atoms with Crippen molar-refractivity contribution in [1.29, 1.82) is 0 Å². The maximum atomic E-state index is 13.5. The van der Waals surface area contributed by atoms with Gasteiger partial charge in [-0.1, -0.05) is 24.0 Å². The molecule has 0 bridgehead atoms. The Hall–Kier alpha value is -4.31. The van der Waals surface area contributed by atoms with Gasteiger partial charge in [0.25, 0.3) is 5.91 Å². The maximum Gasteiger partial charge on any atom is 0.259 e. The first-order chi connectivity index (χ1) is 15.4. The van der Waals surface area contributed by atoms with Crippen molar-refractivity contribution < 1.29 is 23.1 Å². The molecule has 3 aromatic rings. The molecule has 1 aliphatic rings. The molecule has 2 aromatic carbocycles. The number of carbonyl (C=O) groups excluding carboxylic acids is 2. The van der Waals surface area contributed by atoms with Crippen LogP contribution in [0.3, 0.4) is 0 Å². The van der Waals surface area contributed by atoms with E-state index in [4.69, 9.17) is 4.74 Å². The predicted octanol–water partition coefficient (Wildman–Crippen LogP) is 4.18. The van der Waals surface area contributed by atoms with Gasteiger partial charge in [0.2, 0.25) is 11.7 Å². The van der Waals surface area contributed by atoms with Crippen molar-refractivity contribution in [2.75, 3.05) is 12.4 Å². The van der Waals surface area contributed by atoms with Gasteiger partial charge in [-0.25, -0.2) is 13.8 Å². The number of fused-ring (bicyclic) bond motifs is 1. The molecule has 4 rings (SSSR count). The number of aromatic nitrogens is 1. The number of amides is 1. The molecule has 0 saturated carbocycles. The standard InChI is InChI=1S/C25H16F2N2O3/c1-32-23-10-7-16(14-28-23)4-2-3-15-6-9-22-18(11-15)24(30)19(25(31)29-22)12-17-5-8-20(26)21(27)13-17/h5-14H,4H2,1H3,(H,29,31). The normalized spacial score (nSPS) is 13.8. The maximum absolute atomic E-state index is 13.5. The Balaban J connectivity index is 1.58. The van der Waals surface area contributed by atoms with E-state index in [-0.39, 0.29) is 16.7 Å². The molecule has 0 saturated heterocycles. The molecular formula is C25H16F2N2O3. The molecule has 7 heteroatoms. The van der Waals surface area contributed by atoms with Gasteiger partial charge in [-0.05, 0) is 47.5 Å². The number of hydrogen-bond donors (Lipinski definition) is 1. The summed E-state index contributed by atoms with van der Waals surface area (Å²) in [5.41, 5.74) is 2.19. The molecule has 0 spiro atoms. The van der Waals surface area contributed by atoms with E-state index in [0.29, 0.717) is 23.6 Å². The van der Waals surface area contributed by atoms with Crippen LogP contribution < -0.4 is 10.1 Å². The van der Waals surface area contributed by atoms with Crippen LogP contribution in [0.1, 0.15) is 27.0 Å². The Morgan fingerprint density at radius 3 is 2.62 bits per heavy atom. The quantitative estimate of drug-likeness (QED) is 0.385. The van der Waals surface area contributed by atoms with Crippen LogP contribution in [-0.2, 0) is 11.2 Å². The zero-order chi connectivity index (χ0) is 22.7. The first-order valence-electron chi connectivity index (χ1n) is 9.59. The molecule has 1 aromatic heterocycles. The molecule has 0 radical (unpaired) electrons. The van der Waals surface area contributed by atoms with E-state index in [9.17, 15) is 18.4 Å². The molecule has 0 atom stereocenters. The van der Waals surface area contributed by atoms with Crippen LogP contribution in [0.15, 0.2) is 60.3 Å². The fourth-order valence-corrected chi connectivity index (χ4v) is 3.14. The number of Topliss-reactive ketones (excluding diaryl/α,β-unsaturated/α-hetero) is 1. The second-order valence-corrected chi connectivity index (χ2v) is 6.96. The number of ketones is 1. The van der Waals surface area contributed by atoms with Gasteiger partial charge in [-0.3, -0.25) is 9.59 Å². The van der Waals surface area contributed by atoms with Crippen LogP contribution in [0.25, 0.3) is 6.08 Å². The summed E-state index contributed by atoms with van der Waals surface area (Å²) in [7, 11) is 1.54. The van der Waals surface area contributed by atoms with Crippen LogP contribution in [0.2, 0.25) is 0 Å². The molecule has 0 unspecified atom stereocenters. The third kappa shape index (κ3) is 4.40. The number of ether oxygens (including phenoxy) is 1. The summed E-state index contributed by atoms with van der Waals surface area (Å²) in [6, 6.07) is 11.7. The lowest BCUT2D eigenvalue weighted by molar-refractivity contribution is -0.112. The smallest absolute Gasteiger partial charge is 0.259 e. The topological polar surface area (TPSA) is 68.3 Å². The highest BCUT2D eigenvalue weighted by Gasteiger charge is 2.28. The van der Waals surface area contributed by atoms with Crippen LogP contribution >= 0.6 is 0 Å². The number of nitrogens with zero attached hydrogens (tertiary/aromatic N) is 1. The van der Waals surface area contributed by atoms with E-state index < -0.39 is 23.3 Å². The minimum atomic E-state index is -1.06. The van der Waals surface area contributed by atoms with Crippen molar-refractivity contribution in [2.24, 2.45) is 0 Å².